The number of ether oxygens (including phenoxy) is 1. The van der Waals surface area contributed by atoms with Crippen molar-refractivity contribution in [1.29, 1.82) is 0 Å². The molecule has 22 heavy (non-hydrogen) atoms. The van der Waals surface area contributed by atoms with Crippen molar-refractivity contribution in [2.75, 3.05) is 0 Å². The molecule has 0 aliphatic heterocycles. The zero-order valence-corrected chi connectivity index (χ0v) is 11.3. The molecule has 4 nitrogen and oxygen atoms in total. The molecule has 0 heterocycles. The van der Waals surface area contributed by atoms with E-state index in [2.05, 4.69) is 0 Å². The van der Waals surface area contributed by atoms with E-state index in [0.29, 0.717) is 0 Å². The Balaban J connectivity index is 2.34. The molecule has 0 aromatic heterocycles. The van der Waals surface area contributed by atoms with E-state index in [0.717, 1.165) is 0 Å². The van der Waals surface area contributed by atoms with Gasteiger partial charge in [-0.3, -0.25) is 0 Å². The van der Waals surface area contributed by atoms with Crippen molar-refractivity contribution in [3.8, 4) is 0 Å². The molecule has 2 aromatic rings. The first-order valence-electron chi connectivity index (χ1n) is 6.35. The predicted octanol–water partition coefficient (Wildman–Crippen LogP) is 3.30. The predicted molar refractivity (Wildman–Crippen MR) is 73.6 cm³/mol. The van der Waals surface area contributed by atoms with Crippen LogP contribution in [0.15, 0.2) is 60.7 Å². The van der Waals surface area contributed by atoms with E-state index in [1.54, 1.807) is 24.3 Å². The van der Waals surface area contributed by atoms with Crippen LogP contribution in [0.4, 0.5) is 8.78 Å². The van der Waals surface area contributed by atoms with Crippen molar-refractivity contribution in [1.82, 2.24) is 0 Å². The topological polar surface area (TPSA) is 63.6 Å². The number of rotatable bonds is 5. The molecule has 0 spiro atoms. The monoisotopic (exact) mass is 306 g/mol. The normalized spacial score (nSPS) is 12.5. The van der Waals surface area contributed by atoms with Gasteiger partial charge >= 0.3 is 17.9 Å². The van der Waals surface area contributed by atoms with Crippen LogP contribution in [0.5, 0.6) is 0 Å². The van der Waals surface area contributed by atoms with Crippen molar-refractivity contribution >= 4 is 11.9 Å². The molecule has 1 N–H and O–H groups in total. The summed E-state index contributed by atoms with van der Waals surface area (Å²) in [7, 11) is 0. The number of carboxylic acid groups (broad SMARTS) is 1. The van der Waals surface area contributed by atoms with Gasteiger partial charge in [0.1, 0.15) is 0 Å². The van der Waals surface area contributed by atoms with Crippen LogP contribution in [0.25, 0.3) is 0 Å². The van der Waals surface area contributed by atoms with Gasteiger partial charge < -0.3 is 9.84 Å². The highest BCUT2D eigenvalue weighted by Crippen LogP contribution is 2.35. The third kappa shape index (κ3) is 3.28. The Morgan fingerprint density at radius 3 is 1.95 bits per heavy atom. The van der Waals surface area contributed by atoms with Crippen molar-refractivity contribution in [3.63, 3.8) is 0 Å². The Morgan fingerprint density at radius 1 is 0.955 bits per heavy atom. The first-order valence-corrected chi connectivity index (χ1v) is 6.35. The van der Waals surface area contributed by atoms with Gasteiger partial charge in [0.15, 0.2) is 0 Å². The highest BCUT2D eigenvalue weighted by molar-refractivity contribution is 5.90. The fourth-order valence-electron chi connectivity index (χ4n) is 1.84. The lowest BCUT2D eigenvalue weighted by Crippen LogP contribution is -2.38. The van der Waals surface area contributed by atoms with E-state index in [4.69, 9.17) is 9.84 Å². The van der Waals surface area contributed by atoms with Crippen molar-refractivity contribution in [3.05, 3.63) is 71.8 Å². The highest BCUT2D eigenvalue weighted by Gasteiger charge is 2.51. The fourth-order valence-corrected chi connectivity index (χ4v) is 1.84. The van der Waals surface area contributed by atoms with E-state index in [9.17, 15) is 18.4 Å². The van der Waals surface area contributed by atoms with Gasteiger partial charge in [-0.1, -0.05) is 48.5 Å². The van der Waals surface area contributed by atoms with Gasteiger partial charge in [0, 0.05) is 0 Å². The molecule has 2 aromatic carbocycles. The minimum atomic E-state index is -4.24. The van der Waals surface area contributed by atoms with Crippen molar-refractivity contribution < 1.29 is 28.2 Å². The van der Waals surface area contributed by atoms with Crippen molar-refractivity contribution in [2.45, 2.75) is 12.0 Å². The molecule has 0 saturated carbocycles. The summed E-state index contributed by atoms with van der Waals surface area (Å²) in [6.45, 7) is 0. The SMILES string of the molecule is O=C(OC(c1ccccc1)C(F)(F)C(=O)O)c1ccccc1. The summed E-state index contributed by atoms with van der Waals surface area (Å²) in [5.74, 6) is -7.62. The smallest absolute Gasteiger partial charge is 0.382 e. The lowest BCUT2D eigenvalue weighted by Gasteiger charge is -2.24. The van der Waals surface area contributed by atoms with Crippen LogP contribution in [0.3, 0.4) is 0 Å². The Hall–Kier alpha value is -2.76. The van der Waals surface area contributed by atoms with E-state index in [-0.39, 0.29) is 11.1 Å². The standard InChI is InChI=1S/C16H12F2O4/c17-16(18,15(20)21)13(11-7-3-1-4-8-11)22-14(19)12-9-5-2-6-10-12/h1-10,13H,(H,20,21). The molecule has 0 amide bonds. The van der Waals surface area contributed by atoms with Gasteiger partial charge in [0.25, 0.3) is 0 Å². The van der Waals surface area contributed by atoms with Crippen LogP contribution in [0.2, 0.25) is 0 Å². The number of hydrogen-bond donors (Lipinski definition) is 1. The number of halogens is 2. The first-order chi connectivity index (χ1) is 10.4. The van der Waals surface area contributed by atoms with Crippen LogP contribution in [-0.4, -0.2) is 23.0 Å². The summed E-state index contributed by atoms with van der Waals surface area (Å²) >= 11 is 0. The lowest BCUT2D eigenvalue weighted by atomic mass is 10.0. The van der Waals surface area contributed by atoms with Crippen LogP contribution in [-0.2, 0) is 9.53 Å². The van der Waals surface area contributed by atoms with Crippen LogP contribution in [0.1, 0.15) is 22.0 Å². The molecule has 1 atom stereocenters. The molecule has 0 radical (unpaired) electrons. The average Bonchev–Trinajstić information content (AvgIpc) is 2.53. The first kappa shape index (κ1) is 15.6. The second kappa shape index (κ2) is 6.34. The summed E-state index contributed by atoms with van der Waals surface area (Å²) in [4.78, 5) is 22.8. The second-order valence-corrected chi connectivity index (χ2v) is 4.49. The summed E-state index contributed by atoms with van der Waals surface area (Å²) in [6.07, 6.45) is -2.21. The molecular weight excluding hydrogens is 294 g/mol. The van der Waals surface area contributed by atoms with Crippen LogP contribution in [0, 0.1) is 0 Å². The number of hydrogen-bond acceptors (Lipinski definition) is 3. The zero-order chi connectivity index (χ0) is 16.2. The zero-order valence-electron chi connectivity index (χ0n) is 11.3. The third-order valence-corrected chi connectivity index (χ3v) is 2.95. The highest BCUT2D eigenvalue weighted by atomic mass is 19.3. The van der Waals surface area contributed by atoms with Gasteiger partial charge in [-0.05, 0) is 17.7 Å². The summed E-state index contributed by atoms with van der Waals surface area (Å²) in [5, 5.41) is 8.72. The number of aliphatic carboxylic acids is 1. The van der Waals surface area contributed by atoms with Gasteiger partial charge in [0.2, 0.25) is 6.10 Å². The Bertz CT molecular complexity index is 656. The number of esters is 1. The maximum atomic E-state index is 13.9. The molecular formula is C16H12F2O4. The second-order valence-electron chi connectivity index (χ2n) is 4.49. The van der Waals surface area contributed by atoms with Gasteiger partial charge in [-0.25, -0.2) is 9.59 Å². The van der Waals surface area contributed by atoms with Gasteiger partial charge in [-0.2, -0.15) is 8.78 Å². The third-order valence-electron chi connectivity index (χ3n) is 2.95. The molecule has 114 valence electrons. The van der Waals surface area contributed by atoms with E-state index >= 15 is 0 Å². The molecule has 0 fully saturated rings. The fraction of sp³-hybridized carbons (Fsp3) is 0.125. The van der Waals surface area contributed by atoms with Crippen LogP contribution >= 0.6 is 0 Å². The van der Waals surface area contributed by atoms with E-state index in [1.165, 1.54) is 36.4 Å². The molecule has 0 aliphatic rings. The lowest BCUT2D eigenvalue weighted by molar-refractivity contribution is -0.183. The van der Waals surface area contributed by atoms with Gasteiger partial charge in [-0.15, -0.1) is 0 Å². The quantitative estimate of drug-likeness (QED) is 0.861. The summed E-state index contributed by atoms with van der Waals surface area (Å²) in [5.41, 5.74) is -0.0381. The minimum Gasteiger partial charge on any atom is -0.477 e. The molecule has 0 aliphatic carbocycles. The Morgan fingerprint density at radius 2 is 1.45 bits per heavy atom. The van der Waals surface area contributed by atoms with Crippen LogP contribution < -0.4 is 0 Å². The van der Waals surface area contributed by atoms with E-state index < -0.39 is 24.0 Å². The molecule has 6 heteroatoms. The summed E-state index contributed by atoms with van der Waals surface area (Å²) < 4.78 is 32.6. The maximum Gasteiger partial charge on any atom is 0.382 e. The average molecular weight is 306 g/mol. The molecule has 0 bridgehead atoms. The number of carboxylic acids is 1. The van der Waals surface area contributed by atoms with Gasteiger partial charge in [0.05, 0.1) is 5.56 Å². The molecule has 2 rings (SSSR count). The summed E-state index contributed by atoms with van der Waals surface area (Å²) in [6, 6.07) is 14.6. The maximum absolute atomic E-state index is 13.9. The number of carbonyl (C=O) groups excluding carboxylic acids is 1. The Kier molecular flexibility index (Phi) is 4.50. The Labute approximate surface area is 125 Å². The molecule has 1 unspecified atom stereocenters. The van der Waals surface area contributed by atoms with E-state index in [1.807, 2.05) is 0 Å². The number of alkyl halides is 2. The van der Waals surface area contributed by atoms with Crippen molar-refractivity contribution in [2.24, 2.45) is 0 Å². The number of carbonyl (C=O) groups is 2. The molecule has 0 saturated heterocycles. The minimum absolute atomic E-state index is 0.0598. The largest absolute Gasteiger partial charge is 0.477 e. The number of benzene rings is 2.